The van der Waals surface area contributed by atoms with Gasteiger partial charge in [0.25, 0.3) is 5.91 Å². The van der Waals surface area contributed by atoms with Crippen molar-refractivity contribution in [2.24, 2.45) is 11.3 Å². The highest BCUT2D eigenvalue weighted by Crippen LogP contribution is 2.43. The number of anilines is 1. The van der Waals surface area contributed by atoms with Gasteiger partial charge in [-0.2, -0.15) is 0 Å². The molecule has 2 N–H and O–H groups in total. The van der Waals surface area contributed by atoms with Crippen LogP contribution in [0.4, 0.5) is 10.5 Å². The van der Waals surface area contributed by atoms with Crippen LogP contribution in [0.1, 0.15) is 52.0 Å². The van der Waals surface area contributed by atoms with Crippen LogP contribution in [-0.2, 0) is 16.0 Å². The number of benzene rings is 1. The predicted octanol–water partition coefficient (Wildman–Crippen LogP) is 3.26. The zero-order valence-corrected chi connectivity index (χ0v) is 19.5. The van der Waals surface area contributed by atoms with Gasteiger partial charge in [0.1, 0.15) is 12.1 Å². The summed E-state index contributed by atoms with van der Waals surface area (Å²) in [7, 11) is 4.06. The van der Waals surface area contributed by atoms with Crippen LogP contribution in [0.2, 0.25) is 0 Å². The van der Waals surface area contributed by atoms with Gasteiger partial charge in [-0.3, -0.25) is 14.5 Å². The minimum atomic E-state index is -0.840. The Morgan fingerprint density at radius 1 is 1.16 bits per heavy atom. The minimum Gasteiger partial charge on any atom is -0.325 e. The van der Waals surface area contributed by atoms with Crippen LogP contribution in [0.25, 0.3) is 0 Å². The summed E-state index contributed by atoms with van der Waals surface area (Å²) in [5.74, 6) is -0.107. The van der Waals surface area contributed by atoms with Crippen molar-refractivity contribution < 1.29 is 14.4 Å². The molecule has 1 aromatic carbocycles. The van der Waals surface area contributed by atoms with Gasteiger partial charge in [-0.25, -0.2) is 4.79 Å². The monoisotopic (exact) mass is 428 g/mol. The summed E-state index contributed by atoms with van der Waals surface area (Å²) in [4.78, 5) is 41.3. The lowest BCUT2D eigenvalue weighted by molar-refractivity contribution is -0.135. The van der Waals surface area contributed by atoms with Crippen LogP contribution in [-0.4, -0.2) is 60.4 Å². The van der Waals surface area contributed by atoms with Crippen molar-refractivity contribution in [3.63, 3.8) is 0 Å². The van der Waals surface area contributed by atoms with Gasteiger partial charge < -0.3 is 15.5 Å². The number of likely N-dealkylation sites (N-methyl/N-ethyl adjacent to an activating group) is 1. The quantitative estimate of drug-likeness (QED) is 0.682. The third kappa shape index (κ3) is 5.45. The maximum Gasteiger partial charge on any atom is 0.325 e. The average molecular weight is 429 g/mol. The molecular weight excluding hydrogens is 392 g/mol. The van der Waals surface area contributed by atoms with Crippen molar-refractivity contribution in [1.82, 2.24) is 15.1 Å². The molecule has 7 nitrogen and oxygen atoms in total. The number of hydrogen-bond donors (Lipinski definition) is 2. The fourth-order valence-corrected chi connectivity index (χ4v) is 4.59. The van der Waals surface area contributed by atoms with E-state index in [0.29, 0.717) is 24.4 Å². The van der Waals surface area contributed by atoms with E-state index in [0.717, 1.165) is 30.7 Å². The summed E-state index contributed by atoms with van der Waals surface area (Å²) >= 11 is 0. The summed E-state index contributed by atoms with van der Waals surface area (Å²) in [6.07, 6.45) is 3.99. The van der Waals surface area contributed by atoms with Gasteiger partial charge in [0.2, 0.25) is 5.91 Å². The Kier molecular flexibility index (Phi) is 6.74. The summed E-state index contributed by atoms with van der Waals surface area (Å²) in [5.41, 5.74) is 1.20. The lowest BCUT2D eigenvalue weighted by Gasteiger charge is -2.40. The number of nitrogens with one attached hydrogen (secondary N) is 2. The lowest BCUT2D eigenvalue weighted by atomic mass is 9.67. The van der Waals surface area contributed by atoms with Gasteiger partial charge >= 0.3 is 6.03 Å². The van der Waals surface area contributed by atoms with Crippen LogP contribution < -0.4 is 10.6 Å². The molecule has 3 rings (SSSR count). The van der Waals surface area contributed by atoms with E-state index >= 15 is 0 Å². The fraction of sp³-hybridized carbons (Fsp3) is 0.625. The maximum absolute atomic E-state index is 13.1. The Balaban J connectivity index is 1.56. The Morgan fingerprint density at radius 3 is 2.32 bits per heavy atom. The van der Waals surface area contributed by atoms with E-state index in [1.165, 1.54) is 5.56 Å². The first-order chi connectivity index (χ1) is 14.5. The summed E-state index contributed by atoms with van der Waals surface area (Å²) in [6.45, 7) is 7.34. The molecule has 1 heterocycles. The van der Waals surface area contributed by atoms with E-state index in [1.54, 1.807) is 0 Å². The third-order valence-electron chi connectivity index (χ3n) is 6.70. The van der Waals surface area contributed by atoms with E-state index in [-0.39, 0.29) is 23.8 Å². The molecule has 0 bridgehead atoms. The van der Waals surface area contributed by atoms with Crippen molar-refractivity contribution in [3.05, 3.63) is 29.8 Å². The standard InChI is InChI=1S/C24H36N4O3/c1-23(2,3)18-10-13-24(14-11-18)21(30)28(22(31)26-24)16-20(29)25-19-8-6-17(7-9-19)12-15-27(4)5/h6-9,18H,10-16H2,1-5H3,(H,25,29)(H,26,31). The predicted molar refractivity (Wildman–Crippen MR) is 122 cm³/mol. The van der Waals surface area contributed by atoms with E-state index in [9.17, 15) is 14.4 Å². The van der Waals surface area contributed by atoms with Gasteiger partial charge in [0, 0.05) is 12.2 Å². The molecule has 31 heavy (non-hydrogen) atoms. The first-order valence-corrected chi connectivity index (χ1v) is 11.2. The second-order valence-electron chi connectivity index (χ2n) is 10.3. The van der Waals surface area contributed by atoms with E-state index in [2.05, 4.69) is 36.3 Å². The molecule has 1 saturated carbocycles. The van der Waals surface area contributed by atoms with Crippen molar-refractivity contribution >= 4 is 23.5 Å². The number of amides is 4. The van der Waals surface area contributed by atoms with Gasteiger partial charge in [-0.05, 0) is 75.2 Å². The number of urea groups is 1. The Hall–Kier alpha value is -2.41. The molecule has 1 aliphatic heterocycles. The zero-order chi connectivity index (χ0) is 22.8. The molecular formula is C24H36N4O3. The van der Waals surface area contributed by atoms with Crippen molar-refractivity contribution in [3.8, 4) is 0 Å². The lowest BCUT2D eigenvalue weighted by Crippen LogP contribution is -2.50. The van der Waals surface area contributed by atoms with Crippen LogP contribution in [0.3, 0.4) is 0 Å². The minimum absolute atomic E-state index is 0.189. The SMILES string of the molecule is CN(C)CCc1ccc(NC(=O)CN2C(=O)NC3(CCC(C(C)(C)C)CC3)C2=O)cc1. The second-order valence-corrected chi connectivity index (χ2v) is 10.3. The molecule has 1 aliphatic carbocycles. The first-order valence-electron chi connectivity index (χ1n) is 11.2. The summed E-state index contributed by atoms with van der Waals surface area (Å²) in [5, 5.41) is 5.69. The van der Waals surface area contributed by atoms with Crippen molar-refractivity contribution in [2.45, 2.75) is 58.4 Å². The normalized spacial score (nSPS) is 24.1. The highest BCUT2D eigenvalue weighted by Gasteiger charge is 2.53. The highest BCUT2D eigenvalue weighted by molar-refractivity contribution is 6.10. The molecule has 0 aromatic heterocycles. The Labute approximate surface area is 185 Å². The number of imide groups is 1. The van der Waals surface area contributed by atoms with Gasteiger partial charge in [-0.1, -0.05) is 32.9 Å². The van der Waals surface area contributed by atoms with Gasteiger partial charge in [-0.15, -0.1) is 0 Å². The molecule has 0 atom stereocenters. The second kappa shape index (κ2) is 8.99. The van der Waals surface area contributed by atoms with Crippen LogP contribution in [0, 0.1) is 11.3 Å². The van der Waals surface area contributed by atoms with Crippen molar-refractivity contribution in [2.75, 3.05) is 32.5 Å². The number of carbonyl (C=O) groups is 3. The molecule has 0 unspecified atom stereocenters. The largest absolute Gasteiger partial charge is 0.325 e. The van der Waals surface area contributed by atoms with E-state index in [4.69, 9.17) is 0 Å². The summed E-state index contributed by atoms with van der Waals surface area (Å²) < 4.78 is 0. The smallest absolute Gasteiger partial charge is 0.325 e. The molecule has 1 spiro atoms. The molecule has 2 fully saturated rings. The topological polar surface area (TPSA) is 81.8 Å². The molecule has 0 radical (unpaired) electrons. The van der Waals surface area contributed by atoms with Crippen LogP contribution >= 0.6 is 0 Å². The maximum atomic E-state index is 13.1. The molecule has 4 amide bonds. The van der Waals surface area contributed by atoms with Gasteiger partial charge in [0.15, 0.2) is 0 Å². The highest BCUT2D eigenvalue weighted by atomic mass is 16.2. The molecule has 170 valence electrons. The third-order valence-corrected chi connectivity index (χ3v) is 6.70. The number of hydrogen-bond acceptors (Lipinski definition) is 4. The Morgan fingerprint density at radius 2 is 1.77 bits per heavy atom. The zero-order valence-electron chi connectivity index (χ0n) is 19.5. The number of carbonyl (C=O) groups excluding carboxylic acids is 3. The number of rotatable bonds is 6. The Bertz CT molecular complexity index is 818. The fourth-order valence-electron chi connectivity index (χ4n) is 4.59. The number of nitrogens with zero attached hydrogens (tertiary/aromatic N) is 2. The first kappa shape index (κ1) is 23.3. The van der Waals surface area contributed by atoms with Crippen LogP contribution in [0.5, 0.6) is 0 Å². The summed E-state index contributed by atoms with van der Waals surface area (Å²) in [6, 6.07) is 7.20. The van der Waals surface area contributed by atoms with Gasteiger partial charge in [0.05, 0.1) is 0 Å². The molecule has 7 heteroatoms. The van der Waals surface area contributed by atoms with Crippen LogP contribution in [0.15, 0.2) is 24.3 Å². The molecule has 2 aliphatic rings. The van der Waals surface area contributed by atoms with E-state index in [1.807, 2.05) is 38.4 Å². The van der Waals surface area contributed by atoms with Crippen molar-refractivity contribution in [1.29, 1.82) is 0 Å². The average Bonchev–Trinajstić information content (AvgIpc) is 2.91. The molecule has 1 saturated heterocycles. The van der Waals surface area contributed by atoms with E-state index < -0.39 is 11.6 Å². The molecule has 1 aromatic rings.